The van der Waals surface area contributed by atoms with Crippen LogP contribution in [-0.2, 0) is 4.79 Å². The molecule has 110 valence electrons. The van der Waals surface area contributed by atoms with Crippen molar-refractivity contribution >= 4 is 17.5 Å². The zero-order valence-corrected chi connectivity index (χ0v) is 12.7. The number of hydrogen-bond acceptors (Lipinski definition) is 2. The Hall–Kier alpha value is -1.22. The third-order valence-corrected chi connectivity index (χ3v) is 3.96. The van der Waals surface area contributed by atoms with Crippen LogP contribution in [0.5, 0.6) is 5.75 Å². The summed E-state index contributed by atoms with van der Waals surface area (Å²) >= 11 is 5.93. The van der Waals surface area contributed by atoms with Crippen LogP contribution in [0.25, 0.3) is 0 Å². The number of carbonyl (C=O) groups is 1. The lowest BCUT2D eigenvalue weighted by Gasteiger charge is -2.16. The molecular formula is C16H22ClNO2. The maximum Gasteiger partial charge on any atom is 0.258 e. The molecule has 0 saturated heterocycles. The van der Waals surface area contributed by atoms with Crippen molar-refractivity contribution in [1.29, 1.82) is 0 Å². The van der Waals surface area contributed by atoms with Gasteiger partial charge in [-0.2, -0.15) is 0 Å². The summed E-state index contributed by atoms with van der Waals surface area (Å²) < 4.78 is 5.56. The maximum absolute atomic E-state index is 11.9. The van der Waals surface area contributed by atoms with E-state index in [9.17, 15) is 4.79 Å². The standard InChI is InChI=1S/C16H22ClNO2/c1-12-8-9-13(17)10-15(12)20-11-16(19)18-14-6-4-2-3-5-7-14/h8-10,14H,2-7,11H2,1H3,(H,18,19). The first-order chi connectivity index (χ1) is 9.65. The van der Waals surface area contributed by atoms with Crippen LogP contribution >= 0.6 is 11.6 Å². The lowest BCUT2D eigenvalue weighted by atomic mass is 10.1. The van der Waals surface area contributed by atoms with Crippen LogP contribution in [0.2, 0.25) is 5.02 Å². The van der Waals surface area contributed by atoms with Crippen molar-refractivity contribution in [2.75, 3.05) is 6.61 Å². The second kappa shape index (κ2) is 7.53. The van der Waals surface area contributed by atoms with Gasteiger partial charge in [0.05, 0.1) is 0 Å². The third-order valence-electron chi connectivity index (χ3n) is 3.73. The van der Waals surface area contributed by atoms with Gasteiger partial charge in [-0.15, -0.1) is 0 Å². The van der Waals surface area contributed by atoms with Crippen molar-refractivity contribution in [2.45, 2.75) is 51.5 Å². The van der Waals surface area contributed by atoms with Gasteiger partial charge in [-0.25, -0.2) is 0 Å². The summed E-state index contributed by atoms with van der Waals surface area (Å²) in [5.74, 6) is 0.629. The molecule has 0 heterocycles. The molecular weight excluding hydrogens is 274 g/mol. The van der Waals surface area contributed by atoms with Gasteiger partial charge >= 0.3 is 0 Å². The lowest BCUT2D eigenvalue weighted by molar-refractivity contribution is -0.123. The van der Waals surface area contributed by atoms with Crippen molar-refractivity contribution in [1.82, 2.24) is 5.32 Å². The van der Waals surface area contributed by atoms with Crippen molar-refractivity contribution in [3.63, 3.8) is 0 Å². The predicted octanol–water partition coefficient (Wildman–Crippen LogP) is 3.87. The molecule has 0 bridgehead atoms. The first-order valence-electron chi connectivity index (χ1n) is 7.33. The number of rotatable bonds is 4. The number of carbonyl (C=O) groups excluding carboxylic acids is 1. The van der Waals surface area contributed by atoms with Gasteiger partial charge < -0.3 is 10.1 Å². The fourth-order valence-electron chi connectivity index (χ4n) is 2.57. The van der Waals surface area contributed by atoms with Gasteiger partial charge in [-0.05, 0) is 37.5 Å². The molecule has 0 spiro atoms. The number of aryl methyl sites for hydroxylation is 1. The van der Waals surface area contributed by atoms with E-state index in [0.717, 1.165) is 18.4 Å². The molecule has 20 heavy (non-hydrogen) atoms. The quantitative estimate of drug-likeness (QED) is 0.857. The minimum absolute atomic E-state index is 0.0451. The largest absolute Gasteiger partial charge is 0.483 e. The van der Waals surface area contributed by atoms with Crippen molar-refractivity contribution < 1.29 is 9.53 Å². The summed E-state index contributed by atoms with van der Waals surface area (Å²) in [5, 5.41) is 3.69. The first-order valence-corrected chi connectivity index (χ1v) is 7.71. The van der Waals surface area contributed by atoms with Gasteiger partial charge in [-0.1, -0.05) is 43.4 Å². The zero-order valence-electron chi connectivity index (χ0n) is 12.0. The number of nitrogens with one attached hydrogen (secondary N) is 1. The highest BCUT2D eigenvalue weighted by atomic mass is 35.5. The minimum atomic E-state index is -0.0451. The van der Waals surface area contributed by atoms with Gasteiger partial charge in [0, 0.05) is 11.1 Å². The van der Waals surface area contributed by atoms with Crippen LogP contribution in [0.4, 0.5) is 0 Å². The average Bonchev–Trinajstić information content (AvgIpc) is 2.68. The van der Waals surface area contributed by atoms with Gasteiger partial charge in [0.25, 0.3) is 5.91 Å². The highest BCUT2D eigenvalue weighted by Gasteiger charge is 2.15. The van der Waals surface area contributed by atoms with E-state index in [1.54, 1.807) is 6.07 Å². The number of benzene rings is 1. The minimum Gasteiger partial charge on any atom is -0.483 e. The summed E-state index contributed by atoms with van der Waals surface area (Å²) in [5.41, 5.74) is 0.983. The molecule has 0 unspecified atom stereocenters. The van der Waals surface area contributed by atoms with Crippen LogP contribution in [0, 0.1) is 6.92 Å². The Balaban J connectivity index is 1.81. The molecule has 1 saturated carbocycles. The Morgan fingerprint density at radius 3 is 2.70 bits per heavy atom. The number of hydrogen-bond donors (Lipinski definition) is 1. The Morgan fingerprint density at radius 1 is 1.30 bits per heavy atom. The molecule has 1 amide bonds. The van der Waals surface area contributed by atoms with Gasteiger partial charge in [0.1, 0.15) is 5.75 Å². The second-order valence-corrected chi connectivity index (χ2v) is 5.89. The zero-order chi connectivity index (χ0) is 14.4. The number of amides is 1. The van der Waals surface area contributed by atoms with Gasteiger partial charge in [0.15, 0.2) is 6.61 Å². The van der Waals surface area contributed by atoms with E-state index >= 15 is 0 Å². The fraction of sp³-hybridized carbons (Fsp3) is 0.562. The summed E-state index contributed by atoms with van der Waals surface area (Å²) in [6.45, 7) is 1.99. The van der Waals surface area contributed by atoms with E-state index in [-0.39, 0.29) is 12.5 Å². The molecule has 0 radical (unpaired) electrons. The van der Waals surface area contributed by atoms with E-state index in [0.29, 0.717) is 16.8 Å². The van der Waals surface area contributed by atoms with Crippen LogP contribution in [-0.4, -0.2) is 18.6 Å². The SMILES string of the molecule is Cc1ccc(Cl)cc1OCC(=O)NC1CCCCCC1. The molecule has 1 N–H and O–H groups in total. The molecule has 2 rings (SSSR count). The van der Waals surface area contributed by atoms with Crippen LogP contribution in [0.3, 0.4) is 0 Å². The Labute approximate surface area is 125 Å². The molecule has 0 aliphatic heterocycles. The van der Waals surface area contributed by atoms with Crippen LogP contribution < -0.4 is 10.1 Å². The highest BCUT2D eigenvalue weighted by Crippen LogP contribution is 2.22. The molecule has 1 aliphatic rings. The van der Waals surface area contributed by atoms with Crippen LogP contribution in [0.1, 0.15) is 44.1 Å². The summed E-state index contributed by atoms with van der Waals surface area (Å²) in [4.78, 5) is 11.9. The maximum atomic E-state index is 11.9. The number of halogens is 1. The van der Waals surface area contributed by atoms with Crippen LogP contribution in [0.15, 0.2) is 18.2 Å². The smallest absolute Gasteiger partial charge is 0.258 e. The average molecular weight is 296 g/mol. The van der Waals surface area contributed by atoms with E-state index in [1.165, 1.54) is 25.7 Å². The summed E-state index contributed by atoms with van der Waals surface area (Å²) in [7, 11) is 0. The highest BCUT2D eigenvalue weighted by molar-refractivity contribution is 6.30. The third kappa shape index (κ3) is 4.71. The van der Waals surface area contributed by atoms with Crippen molar-refractivity contribution in [3.8, 4) is 5.75 Å². The number of ether oxygens (including phenoxy) is 1. The second-order valence-electron chi connectivity index (χ2n) is 5.45. The molecule has 1 aromatic carbocycles. The van der Waals surface area contributed by atoms with E-state index in [2.05, 4.69) is 5.32 Å². The van der Waals surface area contributed by atoms with E-state index < -0.39 is 0 Å². The molecule has 1 aromatic rings. The van der Waals surface area contributed by atoms with E-state index in [1.807, 2.05) is 19.1 Å². The van der Waals surface area contributed by atoms with Gasteiger partial charge in [-0.3, -0.25) is 4.79 Å². The van der Waals surface area contributed by atoms with Crippen molar-refractivity contribution in [2.24, 2.45) is 0 Å². The Morgan fingerprint density at radius 2 is 2.00 bits per heavy atom. The predicted molar refractivity (Wildman–Crippen MR) is 81.3 cm³/mol. The monoisotopic (exact) mass is 295 g/mol. The van der Waals surface area contributed by atoms with Gasteiger partial charge in [0.2, 0.25) is 0 Å². The lowest BCUT2D eigenvalue weighted by Crippen LogP contribution is -2.37. The molecule has 1 fully saturated rings. The molecule has 0 aromatic heterocycles. The Bertz CT molecular complexity index is 454. The molecule has 0 atom stereocenters. The normalized spacial score (nSPS) is 16.5. The summed E-state index contributed by atoms with van der Waals surface area (Å²) in [6.07, 6.45) is 7.15. The van der Waals surface area contributed by atoms with E-state index in [4.69, 9.17) is 16.3 Å². The van der Waals surface area contributed by atoms with Crippen molar-refractivity contribution in [3.05, 3.63) is 28.8 Å². The molecule has 1 aliphatic carbocycles. The first kappa shape index (κ1) is 15.2. The summed E-state index contributed by atoms with van der Waals surface area (Å²) in [6, 6.07) is 5.76. The Kier molecular flexibility index (Phi) is 5.72. The molecule has 4 heteroatoms. The molecule has 3 nitrogen and oxygen atoms in total. The topological polar surface area (TPSA) is 38.3 Å². The fourth-order valence-corrected chi connectivity index (χ4v) is 2.73.